The number of halogens is 3. The second-order valence-electron chi connectivity index (χ2n) is 7.16. The van der Waals surface area contributed by atoms with Crippen molar-refractivity contribution in [2.45, 2.75) is 45.3 Å². The minimum Gasteiger partial charge on any atom is -0.481 e. The minimum absolute atomic E-state index is 0.0383. The van der Waals surface area contributed by atoms with Gasteiger partial charge in [-0.3, -0.25) is 4.79 Å². The third-order valence-electron chi connectivity index (χ3n) is 4.45. The molecule has 32 heavy (non-hydrogen) atoms. The van der Waals surface area contributed by atoms with Crippen LogP contribution in [0, 0.1) is 11.7 Å². The van der Waals surface area contributed by atoms with Crippen molar-refractivity contribution in [3.05, 3.63) is 71.0 Å². The molecule has 2 aromatic carbocycles. The number of aliphatic carboxylic acids is 1. The number of ether oxygens (including phenoxy) is 1. The van der Waals surface area contributed by atoms with Crippen LogP contribution in [0.2, 0.25) is 0 Å². The Morgan fingerprint density at radius 1 is 1.03 bits per heavy atom. The van der Waals surface area contributed by atoms with Crippen LogP contribution in [0.15, 0.2) is 48.5 Å². The Kier molecular flexibility index (Phi) is 10.3. The van der Waals surface area contributed by atoms with Gasteiger partial charge in [-0.05, 0) is 43.5 Å². The molecule has 176 valence electrons. The lowest BCUT2D eigenvalue weighted by atomic mass is 9.89. The van der Waals surface area contributed by atoms with Crippen LogP contribution in [0.25, 0.3) is 0 Å². The molecular weight excluding hydrogens is 429 g/mol. The maximum atomic E-state index is 13.2. The second-order valence-corrected chi connectivity index (χ2v) is 7.16. The van der Waals surface area contributed by atoms with Gasteiger partial charge < -0.3 is 20.1 Å². The predicted molar refractivity (Wildman–Crippen MR) is 111 cm³/mol. The highest BCUT2D eigenvalue weighted by atomic mass is 19.3. The van der Waals surface area contributed by atoms with Gasteiger partial charge in [0.2, 0.25) is 0 Å². The minimum atomic E-state index is -2.97. The molecule has 9 heteroatoms. The number of carbonyl (C=O) groups excluding carboxylic acids is 1. The van der Waals surface area contributed by atoms with Gasteiger partial charge in [-0.2, -0.15) is 0 Å². The van der Waals surface area contributed by atoms with E-state index in [2.05, 4.69) is 4.74 Å². The molecule has 2 rings (SSSR count). The quantitative estimate of drug-likeness (QED) is 0.522. The Morgan fingerprint density at radius 2 is 1.56 bits per heavy atom. The third-order valence-corrected chi connectivity index (χ3v) is 4.45. The number of alkyl halides is 2. The number of aliphatic hydroxyl groups excluding tert-OH is 2. The third kappa shape index (κ3) is 8.68. The molecule has 0 aliphatic rings. The topological polar surface area (TPSA) is 104 Å². The summed E-state index contributed by atoms with van der Waals surface area (Å²) in [6.45, 7) is 4.17. The van der Waals surface area contributed by atoms with Crippen molar-refractivity contribution in [1.29, 1.82) is 0 Å². The van der Waals surface area contributed by atoms with Gasteiger partial charge in [0.15, 0.2) is 0 Å². The molecule has 0 saturated heterocycles. The fraction of sp³-hybridized carbons (Fsp3) is 0.391. The maximum Gasteiger partial charge on any atom is 0.334 e. The highest BCUT2D eigenvalue weighted by molar-refractivity contribution is 5.73. The summed E-state index contributed by atoms with van der Waals surface area (Å²) >= 11 is 0. The summed E-state index contributed by atoms with van der Waals surface area (Å²) in [6, 6.07) is 10.2. The first-order valence-electron chi connectivity index (χ1n) is 9.85. The highest BCUT2D eigenvalue weighted by Gasteiger charge is 2.29. The largest absolute Gasteiger partial charge is 0.481 e. The van der Waals surface area contributed by atoms with Crippen LogP contribution in [-0.2, 0) is 26.7 Å². The summed E-state index contributed by atoms with van der Waals surface area (Å²) in [4.78, 5) is 21.7. The number of benzene rings is 2. The molecule has 0 amide bonds. The number of hydrogen-bond acceptors (Lipinski definition) is 5. The normalized spacial score (nSPS) is 13.9. The molecule has 3 N–H and O–H groups in total. The van der Waals surface area contributed by atoms with Crippen molar-refractivity contribution < 1.29 is 42.8 Å². The summed E-state index contributed by atoms with van der Waals surface area (Å²) < 4.78 is 43.7. The van der Waals surface area contributed by atoms with Crippen LogP contribution < -0.4 is 0 Å². The molecule has 6 nitrogen and oxygen atoms in total. The Labute approximate surface area is 184 Å². The van der Waals surface area contributed by atoms with E-state index in [1.54, 1.807) is 6.92 Å². The molecule has 0 aromatic heterocycles. The molecule has 0 aliphatic carbocycles. The maximum absolute atomic E-state index is 13.2. The average Bonchev–Trinajstić information content (AvgIpc) is 2.72. The molecule has 2 aromatic rings. The lowest BCUT2D eigenvalue weighted by molar-refractivity contribution is -0.152. The van der Waals surface area contributed by atoms with E-state index in [1.165, 1.54) is 43.3 Å². The molecule has 0 radical (unpaired) electrons. The lowest BCUT2D eigenvalue weighted by Gasteiger charge is -2.20. The highest BCUT2D eigenvalue weighted by Crippen LogP contribution is 2.29. The van der Waals surface area contributed by atoms with E-state index in [0.29, 0.717) is 12.2 Å². The number of esters is 1. The lowest BCUT2D eigenvalue weighted by Crippen LogP contribution is -2.24. The molecular formula is C23H27F3O6. The first-order valence-corrected chi connectivity index (χ1v) is 9.85. The SMILES string of the molecule is CC(F)(F)c1ccc(CC(C(=O)O)C(O)c2ccc(F)cc2)cc1.CCOC(=O)C(C)O. The van der Waals surface area contributed by atoms with Crippen LogP contribution in [0.5, 0.6) is 0 Å². The molecule has 0 saturated carbocycles. The smallest absolute Gasteiger partial charge is 0.334 e. The Balaban J connectivity index is 0.000000547. The first-order chi connectivity index (χ1) is 14.9. The zero-order chi connectivity index (χ0) is 24.5. The fourth-order valence-corrected chi connectivity index (χ4v) is 2.68. The van der Waals surface area contributed by atoms with Gasteiger partial charge in [0.1, 0.15) is 11.9 Å². The zero-order valence-electron chi connectivity index (χ0n) is 18.0. The second kappa shape index (κ2) is 12.2. The van der Waals surface area contributed by atoms with Crippen molar-refractivity contribution in [2.24, 2.45) is 5.92 Å². The van der Waals surface area contributed by atoms with Crippen LogP contribution in [0.4, 0.5) is 13.2 Å². The van der Waals surface area contributed by atoms with Crippen LogP contribution in [0.3, 0.4) is 0 Å². The summed E-state index contributed by atoms with van der Waals surface area (Å²) in [5.74, 6) is -6.43. The summed E-state index contributed by atoms with van der Waals surface area (Å²) in [5.41, 5.74) is 0.620. The number of aliphatic hydroxyl groups is 2. The predicted octanol–water partition coefficient (Wildman–Crippen LogP) is 3.84. The van der Waals surface area contributed by atoms with Crippen molar-refractivity contribution in [2.75, 3.05) is 6.61 Å². The summed E-state index contributed by atoms with van der Waals surface area (Å²) in [5, 5.41) is 28.1. The van der Waals surface area contributed by atoms with E-state index in [0.717, 1.165) is 19.1 Å². The number of rotatable bonds is 8. The van der Waals surface area contributed by atoms with Crippen LogP contribution in [-0.4, -0.2) is 40.0 Å². The molecule has 3 atom stereocenters. The number of carboxylic acid groups (broad SMARTS) is 1. The van der Waals surface area contributed by atoms with Gasteiger partial charge in [0, 0.05) is 12.5 Å². The molecule has 0 aliphatic heterocycles. The molecule has 0 spiro atoms. The van der Waals surface area contributed by atoms with Gasteiger partial charge in [-0.25, -0.2) is 18.0 Å². The summed E-state index contributed by atoms with van der Waals surface area (Å²) in [6.07, 6.45) is -2.37. The van der Waals surface area contributed by atoms with Crippen molar-refractivity contribution in [1.82, 2.24) is 0 Å². The molecule has 0 fully saturated rings. The standard InChI is InChI=1S/C18H17F3O3.C5H10O3/c1-18(20,21)13-6-2-11(3-7-13)10-15(17(23)24)16(22)12-4-8-14(19)9-5-12;1-3-8-5(7)4(2)6/h2-9,15-16,22H,10H2,1H3,(H,23,24);4,6H,3H2,1-2H3. The summed E-state index contributed by atoms with van der Waals surface area (Å²) in [7, 11) is 0. The van der Waals surface area contributed by atoms with E-state index in [1.807, 2.05) is 0 Å². The van der Waals surface area contributed by atoms with Gasteiger partial charge in [-0.15, -0.1) is 0 Å². The Hall–Kier alpha value is -2.91. The number of carbonyl (C=O) groups is 2. The van der Waals surface area contributed by atoms with Crippen LogP contribution in [0.1, 0.15) is 43.6 Å². The van der Waals surface area contributed by atoms with E-state index in [9.17, 15) is 33.0 Å². The van der Waals surface area contributed by atoms with Gasteiger partial charge in [0.05, 0.1) is 18.6 Å². The molecule has 3 unspecified atom stereocenters. The van der Waals surface area contributed by atoms with Gasteiger partial charge in [0.25, 0.3) is 5.92 Å². The van der Waals surface area contributed by atoms with Crippen molar-refractivity contribution >= 4 is 11.9 Å². The van der Waals surface area contributed by atoms with Gasteiger partial charge in [-0.1, -0.05) is 36.4 Å². The monoisotopic (exact) mass is 456 g/mol. The van der Waals surface area contributed by atoms with Crippen molar-refractivity contribution in [3.8, 4) is 0 Å². The first kappa shape index (κ1) is 27.1. The van der Waals surface area contributed by atoms with E-state index >= 15 is 0 Å². The Morgan fingerprint density at radius 3 is 1.94 bits per heavy atom. The van der Waals surface area contributed by atoms with Crippen LogP contribution >= 0.6 is 0 Å². The zero-order valence-corrected chi connectivity index (χ0v) is 18.0. The van der Waals surface area contributed by atoms with E-state index < -0.39 is 41.8 Å². The molecule has 0 heterocycles. The van der Waals surface area contributed by atoms with E-state index in [-0.39, 0.29) is 17.5 Å². The number of hydrogen-bond donors (Lipinski definition) is 3. The average molecular weight is 456 g/mol. The molecule has 0 bridgehead atoms. The van der Waals surface area contributed by atoms with Crippen molar-refractivity contribution in [3.63, 3.8) is 0 Å². The van der Waals surface area contributed by atoms with Gasteiger partial charge >= 0.3 is 11.9 Å². The Bertz CT molecular complexity index is 861. The number of carboxylic acids is 1. The fourth-order valence-electron chi connectivity index (χ4n) is 2.68. The van der Waals surface area contributed by atoms with E-state index in [4.69, 9.17) is 5.11 Å².